The Bertz CT molecular complexity index is 1010. The maximum absolute atomic E-state index is 13.7. The number of benzene rings is 1. The Morgan fingerprint density at radius 1 is 1.06 bits per heavy atom. The van der Waals surface area contributed by atoms with Crippen molar-refractivity contribution in [3.8, 4) is 11.5 Å². The Kier molecular flexibility index (Phi) is 6.02. The van der Waals surface area contributed by atoms with Gasteiger partial charge in [0.05, 0.1) is 25.5 Å². The molecule has 0 N–H and O–H groups in total. The molecule has 3 heterocycles. The van der Waals surface area contributed by atoms with Gasteiger partial charge in [0.1, 0.15) is 17.2 Å². The fourth-order valence-corrected chi connectivity index (χ4v) is 5.00. The molecule has 1 saturated heterocycles. The summed E-state index contributed by atoms with van der Waals surface area (Å²) in [6, 6.07) is 9.09. The molecule has 4 rings (SSSR count). The third-order valence-corrected chi connectivity index (χ3v) is 6.93. The molecule has 2 amide bonds. The first kappa shape index (κ1) is 21.4. The van der Waals surface area contributed by atoms with E-state index in [1.54, 1.807) is 25.3 Å². The summed E-state index contributed by atoms with van der Waals surface area (Å²) in [5.41, 5.74) is 1.33. The summed E-state index contributed by atoms with van der Waals surface area (Å²) >= 11 is 1.46. The number of hydrogen-bond acceptors (Lipinski definition) is 7. The van der Waals surface area contributed by atoms with Crippen molar-refractivity contribution in [2.45, 2.75) is 18.9 Å². The second kappa shape index (κ2) is 8.72. The van der Waals surface area contributed by atoms with Crippen molar-refractivity contribution in [3.63, 3.8) is 0 Å². The Hall–Kier alpha value is -2.84. The minimum absolute atomic E-state index is 0.204. The van der Waals surface area contributed by atoms with E-state index >= 15 is 0 Å². The number of ether oxygens (including phenoxy) is 2. The number of likely N-dealkylation sites (N-methyl/N-ethyl adjacent to an activating group) is 1. The van der Waals surface area contributed by atoms with Crippen molar-refractivity contribution in [2.24, 2.45) is 0 Å². The summed E-state index contributed by atoms with van der Waals surface area (Å²) in [5, 5.41) is 1.92. The van der Waals surface area contributed by atoms with Gasteiger partial charge < -0.3 is 19.3 Å². The highest BCUT2D eigenvalue weighted by Crippen LogP contribution is 2.41. The van der Waals surface area contributed by atoms with Crippen molar-refractivity contribution in [2.75, 3.05) is 46.3 Å². The Balaban J connectivity index is 1.77. The lowest BCUT2D eigenvalue weighted by atomic mass is 10.0. The Morgan fingerprint density at radius 3 is 2.42 bits per heavy atom. The standard InChI is InChI=1S/C23H27N3O4S/c1-24-11-9-15(10-12-24)25(2)21-20(19-6-5-13-31-19)22(27)26(23(21)28)17-8-7-16(29-3)14-18(17)30-4/h5-8,13-15H,9-12H2,1-4H3. The van der Waals surface area contributed by atoms with E-state index in [2.05, 4.69) is 11.9 Å². The highest BCUT2D eigenvalue weighted by Gasteiger charge is 2.44. The van der Waals surface area contributed by atoms with Crippen LogP contribution in [-0.4, -0.2) is 69.1 Å². The van der Waals surface area contributed by atoms with E-state index in [-0.39, 0.29) is 17.9 Å². The molecule has 2 aliphatic rings. The third-order valence-electron chi connectivity index (χ3n) is 6.04. The van der Waals surface area contributed by atoms with Crippen molar-refractivity contribution < 1.29 is 19.1 Å². The van der Waals surface area contributed by atoms with Gasteiger partial charge in [-0.1, -0.05) is 6.07 Å². The zero-order valence-corrected chi connectivity index (χ0v) is 19.1. The van der Waals surface area contributed by atoms with E-state index in [9.17, 15) is 9.59 Å². The van der Waals surface area contributed by atoms with Gasteiger partial charge >= 0.3 is 0 Å². The minimum atomic E-state index is -0.328. The summed E-state index contributed by atoms with van der Waals surface area (Å²) in [6.07, 6.45) is 1.89. The second-order valence-electron chi connectivity index (χ2n) is 7.83. The molecule has 1 aromatic carbocycles. The quantitative estimate of drug-likeness (QED) is 0.642. The van der Waals surface area contributed by atoms with Crippen LogP contribution in [0.2, 0.25) is 0 Å². The van der Waals surface area contributed by atoms with E-state index in [1.165, 1.54) is 23.3 Å². The van der Waals surface area contributed by atoms with Gasteiger partial charge in [-0.3, -0.25) is 9.59 Å². The van der Waals surface area contributed by atoms with Crippen LogP contribution in [0.5, 0.6) is 11.5 Å². The fraction of sp³-hybridized carbons (Fsp3) is 0.391. The average molecular weight is 442 g/mol. The van der Waals surface area contributed by atoms with Crippen LogP contribution in [0.15, 0.2) is 41.4 Å². The smallest absolute Gasteiger partial charge is 0.282 e. The molecule has 164 valence electrons. The maximum Gasteiger partial charge on any atom is 0.282 e. The molecule has 2 aliphatic heterocycles. The van der Waals surface area contributed by atoms with E-state index in [4.69, 9.17) is 9.47 Å². The second-order valence-corrected chi connectivity index (χ2v) is 8.78. The predicted octanol–water partition coefficient (Wildman–Crippen LogP) is 3.08. The zero-order valence-electron chi connectivity index (χ0n) is 18.3. The Labute approximate surface area is 186 Å². The fourth-order valence-electron chi connectivity index (χ4n) is 4.24. The molecule has 0 bridgehead atoms. The predicted molar refractivity (Wildman–Crippen MR) is 122 cm³/mol. The van der Waals surface area contributed by atoms with E-state index < -0.39 is 0 Å². The van der Waals surface area contributed by atoms with Crippen LogP contribution in [0.4, 0.5) is 5.69 Å². The molecule has 0 aliphatic carbocycles. The van der Waals surface area contributed by atoms with Gasteiger partial charge in [-0.25, -0.2) is 4.90 Å². The van der Waals surface area contributed by atoms with Crippen molar-refractivity contribution in [1.29, 1.82) is 0 Å². The number of amides is 2. The summed E-state index contributed by atoms with van der Waals surface area (Å²) < 4.78 is 10.8. The number of piperidine rings is 1. The first-order valence-corrected chi connectivity index (χ1v) is 11.1. The number of likely N-dealkylation sites (tertiary alicyclic amines) is 1. The van der Waals surface area contributed by atoms with E-state index in [1.807, 2.05) is 29.5 Å². The summed E-state index contributed by atoms with van der Waals surface area (Å²) in [4.78, 5) is 33.6. The molecule has 31 heavy (non-hydrogen) atoms. The molecule has 0 spiro atoms. The van der Waals surface area contributed by atoms with Crippen LogP contribution in [-0.2, 0) is 9.59 Å². The highest BCUT2D eigenvalue weighted by molar-refractivity contribution is 7.11. The topological polar surface area (TPSA) is 62.3 Å². The number of imide groups is 1. The van der Waals surface area contributed by atoms with Crippen LogP contribution in [0.1, 0.15) is 17.7 Å². The average Bonchev–Trinajstić information content (AvgIpc) is 3.39. The van der Waals surface area contributed by atoms with Crippen LogP contribution < -0.4 is 14.4 Å². The molecule has 2 aromatic rings. The van der Waals surface area contributed by atoms with Gasteiger partial charge in [0.15, 0.2) is 0 Å². The maximum atomic E-state index is 13.7. The lowest BCUT2D eigenvalue weighted by Crippen LogP contribution is -2.43. The monoisotopic (exact) mass is 441 g/mol. The molecule has 1 aromatic heterocycles. The van der Waals surface area contributed by atoms with E-state index in [0.29, 0.717) is 28.5 Å². The first-order chi connectivity index (χ1) is 15.0. The molecule has 0 atom stereocenters. The number of carbonyl (C=O) groups excluding carboxylic acids is 2. The van der Waals surface area contributed by atoms with Gasteiger partial charge in [0.2, 0.25) is 0 Å². The lowest BCUT2D eigenvalue weighted by Gasteiger charge is -2.36. The molecule has 8 heteroatoms. The summed E-state index contributed by atoms with van der Waals surface area (Å²) in [6.45, 7) is 1.93. The number of methoxy groups -OCH3 is 2. The van der Waals surface area contributed by atoms with Crippen molar-refractivity contribution >= 4 is 34.4 Å². The lowest BCUT2D eigenvalue weighted by molar-refractivity contribution is -0.120. The van der Waals surface area contributed by atoms with Crippen molar-refractivity contribution in [3.05, 3.63) is 46.3 Å². The molecular formula is C23H27N3O4S. The zero-order chi connectivity index (χ0) is 22.1. The van der Waals surface area contributed by atoms with Gasteiger partial charge in [-0.05, 0) is 56.6 Å². The van der Waals surface area contributed by atoms with Crippen LogP contribution in [0, 0.1) is 0 Å². The molecule has 0 saturated carbocycles. The molecule has 7 nitrogen and oxygen atoms in total. The van der Waals surface area contributed by atoms with E-state index in [0.717, 1.165) is 30.8 Å². The number of carbonyl (C=O) groups is 2. The largest absolute Gasteiger partial charge is 0.497 e. The molecular weight excluding hydrogens is 414 g/mol. The number of rotatable bonds is 6. The number of thiophene rings is 1. The van der Waals surface area contributed by atoms with Crippen LogP contribution in [0.3, 0.4) is 0 Å². The molecule has 1 fully saturated rings. The summed E-state index contributed by atoms with van der Waals surface area (Å²) in [5.74, 6) is 0.355. The van der Waals surface area contributed by atoms with Crippen LogP contribution in [0.25, 0.3) is 5.57 Å². The number of hydrogen-bond donors (Lipinski definition) is 0. The third kappa shape index (κ3) is 3.81. The minimum Gasteiger partial charge on any atom is -0.497 e. The van der Waals surface area contributed by atoms with Crippen LogP contribution >= 0.6 is 11.3 Å². The van der Waals surface area contributed by atoms with Crippen molar-refractivity contribution in [1.82, 2.24) is 9.80 Å². The first-order valence-electron chi connectivity index (χ1n) is 10.3. The Morgan fingerprint density at radius 2 is 1.81 bits per heavy atom. The van der Waals surface area contributed by atoms with Gasteiger partial charge in [0.25, 0.3) is 11.8 Å². The normalized spacial score (nSPS) is 18.1. The van der Waals surface area contributed by atoms with Gasteiger partial charge in [0, 0.05) is 24.0 Å². The molecule has 0 radical (unpaired) electrons. The SMILES string of the molecule is COc1ccc(N2C(=O)C(c3cccs3)=C(N(C)C3CCN(C)CC3)C2=O)c(OC)c1. The van der Waals surface area contributed by atoms with Gasteiger partial charge in [-0.2, -0.15) is 0 Å². The molecule has 0 unspecified atom stereocenters. The number of anilines is 1. The van der Waals surface area contributed by atoms with Gasteiger partial charge in [-0.15, -0.1) is 11.3 Å². The summed E-state index contributed by atoms with van der Waals surface area (Å²) in [7, 11) is 7.11. The number of nitrogens with zero attached hydrogens (tertiary/aromatic N) is 3. The highest BCUT2D eigenvalue weighted by atomic mass is 32.1.